The Hall–Kier alpha value is -1.20. The van der Waals surface area contributed by atoms with Crippen LogP contribution >= 0.6 is 11.3 Å². The van der Waals surface area contributed by atoms with Crippen molar-refractivity contribution in [2.75, 3.05) is 7.05 Å². The van der Waals surface area contributed by atoms with E-state index in [1.54, 1.807) is 11.3 Å². The van der Waals surface area contributed by atoms with Gasteiger partial charge in [0.2, 0.25) is 0 Å². The van der Waals surface area contributed by atoms with E-state index in [1.807, 2.05) is 26.4 Å². The lowest BCUT2D eigenvalue weighted by atomic mass is 10.4. The largest absolute Gasteiger partial charge is 0.328 e. The molecule has 4 nitrogen and oxygen atoms in total. The molecular formula is C10H14N4S. The predicted octanol–water partition coefficient (Wildman–Crippen LogP) is 1.42. The molecule has 15 heavy (non-hydrogen) atoms. The van der Waals surface area contributed by atoms with Crippen molar-refractivity contribution >= 4 is 11.3 Å². The van der Waals surface area contributed by atoms with Gasteiger partial charge in [-0.15, -0.1) is 11.3 Å². The van der Waals surface area contributed by atoms with Gasteiger partial charge in [0.1, 0.15) is 5.82 Å². The summed E-state index contributed by atoms with van der Waals surface area (Å²) < 4.78 is 2.12. The highest BCUT2D eigenvalue weighted by atomic mass is 32.1. The number of rotatable bonds is 4. The molecule has 2 heterocycles. The van der Waals surface area contributed by atoms with Crippen molar-refractivity contribution in [3.8, 4) is 0 Å². The first-order valence-electron chi connectivity index (χ1n) is 4.85. The Morgan fingerprint density at radius 2 is 2.40 bits per heavy atom. The second-order valence-corrected chi connectivity index (χ2v) is 4.42. The molecule has 0 aliphatic carbocycles. The molecule has 1 N–H and O–H groups in total. The molecule has 0 unspecified atom stereocenters. The lowest BCUT2D eigenvalue weighted by molar-refractivity contribution is 0.666. The first kappa shape index (κ1) is 10.3. The van der Waals surface area contributed by atoms with E-state index in [9.17, 15) is 0 Å². The maximum atomic E-state index is 4.44. The SMILES string of the molecule is CNCc1nccn1Cc1csc(C)n1. The van der Waals surface area contributed by atoms with Crippen molar-refractivity contribution in [2.24, 2.45) is 0 Å². The number of thiazole rings is 1. The van der Waals surface area contributed by atoms with Crippen LogP contribution < -0.4 is 5.32 Å². The first-order chi connectivity index (χ1) is 7.29. The van der Waals surface area contributed by atoms with Crippen LogP contribution in [0.3, 0.4) is 0 Å². The number of nitrogens with one attached hydrogen (secondary N) is 1. The van der Waals surface area contributed by atoms with Crippen LogP contribution in [0.2, 0.25) is 0 Å². The van der Waals surface area contributed by atoms with Crippen molar-refractivity contribution in [3.63, 3.8) is 0 Å². The third-order valence-corrected chi connectivity index (χ3v) is 2.96. The fourth-order valence-electron chi connectivity index (χ4n) is 1.46. The lowest BCUT2D eigenvalue weighted by Gasteiger charge is -2.04. The van der Waals surface area contributed by atoms with Crippen molar-refractivity contribution < 1.29 is 0 Å². The molecule has 0 radical (unpaired) electrons. The molecule has 0 aromatic carbocycles. The van der Waals surface area contributed by atoms with Gasteiger partial charge in [-0.2, -0.15) is 0 Å². The first-order valence-corrected chi connectivity index (χ1v) is 5.73. The van der Waals surface area contributed by atoms with Crippen LogP contribution in [0, 0.1) is 6.92 Å². The third-order valence-electron chi connectivity index (χ3n) is 2.14. The van der Waals surface area contributed by atoms with E-state index in [1.165, 1.54) is 0 Å². The second-order valence-electron chi connectivity index (χ2n) is 3.36. The summed E-state index contributed by atoms with van der Waals surface area (Å²) in [7, 11) is 1.92. The van der Waals surface area contributed by atoms with Crippen molar-refractivity contribution in [1.29, 1.82) is 0 Å². The molecule has 5 heteroatoms. The highest BCUT2D eigenvalue weighted by Crippen LogP contribution is 2.10. The Balaban J connectivity index is 2.13. The van der Waals surface area contributed by atoms with Crippen LogP contribution in [0.1, 0.15) is 16.5 Å². The molecule has 2 rings (SSSR count). The van der Waals surface area contributed by atoms with Gasteiger partial charge >= 0.3 is 0 Å². The molecule has 0 saturated heterocycles. The molecule has 0 aliphatic heterocycles. The van der Waals surface area contributed by atoms with Gasteiger partial charge in [0.25, 0.3) is 0 Å². The van der Waals surface area contributed by atoms with E-state index in [0.29, 0.717) is 0 Å². The molecule has 80 valence electrons. The number of imidazole rings is 1. The van der Waals surface area contributed by atoms with Crippen molar-refractivity contribution in [3.05, 3.63) is 34.3 Å². The minimum absolute atomic E-state index is 0.788. The number of nitrogens with zero attached hydrogens (tertiary/aromatic N) is 3. The van der Waals surface area contributed by atoms with Gasteiger partial charge in [-0.05, 0) is 14.0 Å². The summed E-state index contributed by atoms with van der Waals surface area (Å²) in [5, 5.41) is 6.31. The molecule has 2 aromatic heterocycles. The molecule has 0 saturated carbocycles. The summed E-state index contributed by atoms with van der Waals surface area (Å²) in [6, 6.07) is 0. The molecule has 0 spiro atoms. The number of aromatic nitrogens is 3. The van der Waals surface area contributed by atoms with E-state index < -0.39 is 0 Å². The summed E-state index contributed by atoms with van der Waals surface area (Å²) in [4.78, 5) is 8.72. The minimum atomic E-state index is 0.788. The number of hydrogen-bond acceptors (Lipinski definition) is 4. The van der Waals surface area contributed by atoms with Crippen LogP contribution in [0.25, 0.3) is 0 Å². The van der Waals surface area contributed by atoms with Gasteiger partial charge in [0.05, 0.1) is 23.8 Å². The van der Waals surface area contributed by atoms with Crippen LogP contribution in [0.4, 0.5) is 0 Å². The number of hydrogen-bond donors (Lipinski definition) is 1. The van der Waals surface area contributed by atoms with Crippen LogP contribution in [0.15, 0.2) is 17.8 Å². The zero-order valence-electron chi connectivity index (χ0n) is 8.90. The summed E-state index contributed by atoms with van der Waals surface area (Å²) in [5.74, 6) is 1.04. The van der Waals surface area contributed by atoms with Gasteiger partial charge in [0, 0.05) is 17.8 Å². The fraction of sp³-hybridized carbons (Fsp3) is 0.400. The average molecular weight is 222 g/mol. The molecule has 0 bridgehead atoms. The third kappa shape index (κ3) is 2.43. The Morgan fingerprint density at radius 3 is 3.07 bits per heavy atom. The summed E-state index contributed by atoms with van der Waals surface area (Å²) >= 11 is 1.68. The monoisotopic (exact) mass is 222 g/mol. The number of aryl methyl sites for hydroxylation is 1. The zero-order chi connectivity index (χ0) is 10.7. The van der Waals surface area contributed by atoms with Crippen molar-refractivity contribution in [1.82, 2.24) is 19.9 Å². The van der Waals surface area contributed by atoms with Crippen LogP contribution in [-0.4, -0.2) is 21.6 Å². The van der Waals surface area contributed by atoms with E-state index in [2.05, 4.69) is 25.2 Å². The smallest absolute Gasteiger partial charge is 0.123 e. The Bertz CT molecular complexity index is 432. The van der Waals surface area contributed by atoms with Crippen LogP contribution in [-0.2, 0) is 13.1 Å². The van der Waals surface area contributed by atoms with E-state index in [4.69, 9.17) is 0 Å². The standard InChI is InChI=1S/C10H14N4S/c1-8-13-9(7-15-8)6-14-4-3-12-10(14)5-11-2/h3-4,7,11H,5-6H2,1-2H3. The molecule has 0 atom stereocenters. The zero-order valence-corrected chi connectivity index (χ0v) is 9.71. The predicted molar refractivity (Wildman–Crippen MR) is 60.9 cm³/mol. The van der Waals surface area contributed by atoms with Crippen molar-refractivity contribution in [2.45, 2.75) is 20.0 Å². The summed E-state index contributed by atoms with van der Waals surface area (Å²) in [6.45, 7) is 3.62. The van der Waals surface area contributed by atoms with Crippen LogP contribution in [0.5, 0.6) is 0 Å². The molecule has 0 aliphatic rings. The Kier molecular flexibility index (Phi) is 3.13. The Labute approximate surface area is 93.0 Å². The van der Waals surface area contributed by atoms with Gasteiger partial charge in [-0.1, -0.05) is 0 Å². The highest BCUT2D eigenvalue weighted by molar-refractivity contribution is 7.09. The lowest BCUT2D eigenvalue weighted by Crippen LogP contribution is -2.12. The van der Waals surface area contributed by atoms with E-state index in [-0.39, 0.29) is 0 Å². The van der Waals surface area contributed by atoms with E-state index in [0.717, 1.165) is 29.6 Å². The van der Waals surface area contributed by atoms with Gasteiger partial charge in [0.15, 0.2) is 0 Å². The summed E-state index contributed by atoms with van der Waals surface area (Å²) in [6.07, 6.45) is 3.81. The van der Waals surface area contributed by atoms with Gasteiger partial charge < -0.3 is 9.88 Å². The fourth-order valence-corrected chi connectivity index (χ4v) is 2.07. The molecule has 2 aromatic rings. The highest BCUT2D eigenvalue weighted by Gasteiger charge is 2.04. The normalized spacial score (nSPS) is 10.8. The van der Waals surface area contributed by atoms with Gasteiger partial charge in [-0.25, -0.2) is 9.97 Å². The average Bonchev–Trinajstić information content (AvgIpc) is 2.78. The topological polar surface area (TPSA) is 42.7 Å². The maximum Gasteiger partial charge on any atom is 0.123 e. The Morgan fingerprint density at radius 1 is 1.53 bits per heavy atom. The molecular weight excluding hydrogens is 208 g/mol. The maximum absolute atomic E-state index is 4.44. The van der Waals surface area contributed by atoms with E-state index >= 15 is 0 Å². The summed E-state index contributed by atoms with van der Waals surface area (Å²) in [5.41, 5.74) is 1.10. The molecule has 0 amide bonds. The minimum Gasteiger partial charge on any atom is -0.328 e. The molecule has 0 fully saturated rings. The second kappa shape index (κ2) is 4.55. The quantitative estimate of drug-likeness (QED) is 0.850. The van der Waals surface area contributed by atoms with Gasteiger partial charge in [-0.3, -0.25) is 0 Å².